The number of hydrogen-bond acceptors (Lipinski definition) is 4. The molecule has 0 fully saturated rings. The van der Waals surface area contributed by atoms with Crippen molar-refractivity contribution in [2.75, 3.05) is 33.2 Å². The number of aryl methyl sites for hydroxylation is 2. The Kier molecular flexibility index (Phi) is 6.72. The van der Waals surface area contributed by atoms with Gasteiger partial charge in [-0.15, -0.1) is 0 Å². The average molecular weight is 358 g/mol. The van der Waals surface area contributed by atoms with E-state index in [1.165, 1.54) is 0 Å². The normalized spacial score (nSPS) is 10.2. The molecule has 6 heteroatoms. The Balaban J connectivity index is 1.95. The molecule has 0 saturated carbocycles. The fourth-order valence-electron chi connectivity index (χ4n) is 2.72. The number of carbonyl (C=O) groups excluding carboxylic acids is 1. The number of anilines is 1. The molecule has 2 aromatic carbocycles. The molecule has 0 radical (unpaired) electrons. The summed E-state index contributed by atoms with van der Waals surface area (Å²) in [6, 6.07) is 9.44. The van der Waals surface area contributed by atoms with Crippen molar-refractivity contribution in [1.82, 2.24) is 5.32 Å². The molecule has 0 spiro atoms. The Morgan fingerprint density at radius 1 is 0.962 bits per heavy atom. The molecule has 0 unspecified atom stereocenters. The van der Waals surface area contributed by atoms with Gasteiger partial charge in [0.2, 0.25) is 5.75 Å². The number of amides is 2. The molecule has 0 aliphatic heterocycles. The summed E-state index contributed by atoms with van der Waals surface area (Å²) in [5.74, 6) is 1.75. The molecule has 0 heterocycles. The zero-order chi connectivity index (χ0) is 19.1. The Morgan fingerprint density at radius 2 is 1.62 bits per heavy atom. The number of nitrogens with one attached hydrogen (secondary N) is 2. The second-order valence-electron chi connectivity index (χ2n) is 5.98. The minimum absolute atomic E-state index is 0.232. The molecule has 26 heavy (non-hydrogen) atoms. The van der Waals surface area contributed by atoms with E-state index in [-0.39, 0.29) is 6.03 Å². The number of urea groups is 1. The number of benzene rings is 2. The van der Waals surface area contributed by atoms with Gasteiger partial charge in [0.05, 0.1) is 21.3 Å². The number of rotatable bonds is 7. The highest BCUT2D eigenvalue weighted by Gasteiger charge is 2.13. The third kappa shape index (κ3) is 4.81. The highest BCUT2D eigenvalue weighted by Crippen LogP contribution is 2.38. The molecule has 0 aromatic heterocycles. The van der Waals surface area contributed by atoms with Crippen LogP contribution in [0.5, 0.6) is 17.2 Å². The van der Waals surface area contributed by atoms with Crippen LogP contribution in [0.15, 0.2) is 30.3 Å². The monoisotopic (exact) mass is 358 g/mol. The fraction of sp³-hybridized carbons (Fsp3) is 0.350. The van der Waals surface area contributed by atoms with Crippen LogP contribution >= 0.6 is 0 Å². The second-order valence-corrected chi connectivity index (χ2v) is 5.98. The van der Waals surface area contributed by atoms with Gasteiger partial charge in [0, 0.05) is 12.2 Å². The summed E-state index contributed by atoms with van der Waals surface area (Å²) >= 11 is 0. The quantitative estimate of drug-likeness (QED) is 0.792. The molecular weight excluding hydrogens is 332 g/mol. The molecule has 0 bridgehead atoms. The van der Waals surface area contributed by atoms with E-state index in [0.717, 1.165) is 22.4 Å². The predicted molar refractivity (Wildman–Crippen MR) is 103 cm³/mol. The van der Waals surface area contributed by atoms with Crippen molar-refractivity contribution in [3.05, 3.63) is 47.0 Å². The molecule has 6 nitrogen and oxygen atoms in total. The Morgan fingerprint density at radius 3 is 2.15 bits per heavy atom. The first-order valence-corrected chi connectivity index (χ1v) is 8.39. The lowest BCUT2D eigenvalue weighted by atomic mass is 10.1. The molecule has 2 rings (SSSR count). The topological polar surface area (TPSA) is 68.8 Å². The highest BCUT2D eigenvalue weighted by molar-refractivity contribution is 5.90. The fourth-order valence-corrected chi connectivity index (χ4v) is 2.72. The largest absolute Gasteiger partial charge is 0.493 e. The lowest BCUT2D eigenvalue weighted by Crippen LogP contribution is -2.30. The Labute approximate surface area is 154 Å². The maximum atomic E-state index is 12.1. The minimum atomic E-state index is -0.232. The summed E-state index contributed by atoms with van der Waals surface area (Å²) in [5.41, 5.74) is 3.98. The van der Waals surface area contributed by atoms with E-state index in [9.17, 15) is 4.79 Å². The third-order valence-corrected chi connectivity index (χ3v) is 4.05. The number of ether oxygens (including phenoxy) is 3. The van der Waals surface area contributed by atoms with E-state index in [4.69, 9.17) is 14.2 Å². The summed E-state index contributed by atoms with van der Waals surface area (Å²) in [4.78, 5) is 12.1. The van der Waals surface area contributed by atoms with Gasteiger partial charge in [0.1, 0.15) is 0 Å². The van der Waals surface area contributed by atoms with Crippen molar-refractivity contribution in [1.29, 1.82) is 0 Å². The van der Waals surface area contributed by atoms with Gasteiger partial charge in [0.15, 0.2) is 11.5 Å². The number of carbonyl (C=O) groups is 1. The maximum Gasteiger partial charge on any atom is 0.319 e. The van der Waals surface area contributed by atoms with E-state index >= 15 is 0 Å². The van der Waals surface area contributed by atoms with Gasteiger partial charge in [-0.2, -0.15) is 0 Å². The van der Waals surface area contributed by atoms with Crippen LogP contribution in [-0.4, -0.2) is 33.9 Å². The smallest absolute Gasteiger partial charge is 0.319 e. The van der Waals surface area contributed by atoms with Crippen molar-refractivity contribution < 1.29 is 19.0 Å². The number of hydrogen-bond donors (Lipinski definition) is 2. The van der Waals surface area contributed by atoms with Gasteiger partial charge < -0.3 is 24.8 Å². The molecule has 0 aliphatic carbocycles. The van der Waals surface area contributed by atoms with Gasteiger partial charge in [0.25, 0.3) is 0 Å². The van der Waals surface area contributed by atoms with Crippen LogP contribution in [0.2, 0.25) is 0 Å². The van der Waals surface area contributed by atoms with E-state index in [1.807, 2.05) is 44.2 Å². The van der Waals surface area contributed by atoms with Crippen molar-refractivity contribution in [2.45, 2.75) is 20.3 Å². The van der Waals surface area contributed by atoms with Crippen LogP contribution in [0, 0.1) is 13.8 Å². The Bertz CT molecular complexity index is 749. The first-order valence-electron chi connectivity index (χ1n) is 8.39. The number of methoxy groups -OCH3 is 3. The molecule has 2 amide bonds. The highest BCUT2D eigenvalue weighted by atomic mass is 16.5. The van der Waals surface area contributed by atoms with Gasteiger partial charge in [-0.25, -0.2) is 4.79 Å². The summed E-state index contributed by atoms with van der Waals surface area (Å²) in [6.45, 7) is 4.47. The first kappa shape index (κ1) is 19.4. The van der Waals surface area contributed by atoms with Crippen LogP contribution in [0.25, 0.3) is 0 Å². The summed E-state index contributed by atoms with van der Waals surface area (Å²) in [5, 5.41) is 5.73. The van der Waals surface area contributed by atoms with E-state index in [1.54, 1.807) is 21.3 Å². The molecule has 2 N–H and O–H groups in total. The molecular formula is C20H26N2O4. The summed E-state index contributed by atoms with van der Waals surface area (Å²) < 4.78 is 16.0. The molecule has 2 aromatic rings. The van der Waals surface area contributed by atoms with Crippen LogP contribution in [0.3, 0.4) is 0 Å². The SMILES string of the molecule is COc1cc(CCNC(=O)Nc2ccc(C)cc2C)cc(OC)c1OC. The van der Waals surface area contributed by atoms with Crippen LogP contribution in [-0.2, 0) is 6.42 Å². The Hall–Kier alpha value is -2.89. The van der Waals surface area contributed by atoms with Gasteiger partial charge >= 0.3 is 6.03 Å². The first-order chi connectivity index (χ1) is 12.5. The zero-order valence-electron chi connectivity index (χ0n) is 15.9. The van der Waals surface area contributed by atoms with Crippen LogP contribution in [0.1, 0.15) is 16.7 Å². The lowest BCUT2D eigenvalue weighted by Gasteiger charge is -2.14. The van der Waals surface area contributed by atoms with Crippen molar-refractivity contribution in [3.8, 4) is 17.2 Å². The van der Waals surface area contributed by atoms with Crippen LogP contribution in [0.4, 0.5) is 10.5 Å². The van der Waals surface area contributed by atoms with Gasteiger partial charge in [-0.3, -0.25) is 0 Å². The van der Waals surface area contributed by atoms with E-state index < -0.39 is 0 Å². The van der Waals surface area contributed by atoms with Crippen molar-refractivity contribution >= 4 is 11.7 Å². The van der Waals surface area contributed by atoms with Crippen molar-refractivity contribution in [2.24, 2.45) is 0 Å². The molecule has 0 saturated heterocycles. The average Bonchev–Trinajstić information content (AvgIpc) is 2.63. The molecule has 0 atom stereocenters. The molecule has 140 valence electrons. The van der Waals surface area contributed by atoms with Crippen molar-refractivity contribution in [3.63, 3.8) is 0 Å². The third-order valence-electron chi connectivity index (χ3n) is 4.05. The van der Waals surface area contributed by atoms with E-state index in [2.05, 4.69) is 10.6 Å². The van der Waals surface area contributed by atoms with Gasteiger partial charge in [-0.05, 0) is 49.6 Å². The zero-order valence-corrected chi connectivity index (χ0v) is 15.9. The van der Waals surface area contributed by atoms with E-state index in [0.29, 0.717) is 30.2 Å². The maximum absolute atomic E-state index is 12.1. The standard InChI is InChI=1S/C20H26N2O4/c1-13-6-7-16(14(2)10-13)22-20(23)21-9-8-15-11-17(24-3)19(26-5)18(12-15)25-4/h6-7,10-12H,8-9H2,1-5H3,(H2,21,22,23). The lowest BCUT2D eigenvalue weighted by molar-refractivity contribution is 0.252. The summed E-state index contributed by atoms with van der Waals surface area (Å²) in [6.07, 6.45) is 0.636. The summed E-state index contributed by atoms with van der Waals surface area (Å²) in [7, 11) is 4.73. The minimum Gasteiger partial charge on any atom is -0.493 e. The molecule has 0 aliphatic rings. The van der Waals surface area contributed by atoms with Gasteiger partial charge in [-0.1, -0.05) is 17.7 Å². The second kappa shape index (κ2) is 8.99. The van der Waals surface area contributed by atoms with Crippen LogP contribution < -0.4 is 24.8 Å². The predicted octanol–water partition coefficient (Wildman–Crippen LogP) is 3.69.